The van der Waals surface area contributed by atoms with Crippen LogP contribution in [0, 0.1) is 0 Å². The van der Waals surface area contributed by atoms with Gasteiger partial charge in [-0.15, -0.1) is 10.2 Å². The van der Waals surface area contributed by atoms with Gasteiger partial charge in [0.2, 0.25) is 5.13 Å². The van der Waals surface area contributed by atoms with Gasteiger partial charge in [0.25, 0.3) is 0 Å². The number of aromatic hydroxyl groups is 1. The van der Waals surface area contributed by atoms with Gasteiger partial charge in [-0.25, -0.2) is 4.79 Å². The van der Waals surface area contributed by atoms with Crippen LogP contribution < -0.4 is 10.6 Å². The molecule has 106 valence electrons. The minimum atomic E-state index is -0.278. The molecule has 0 radical (unpaired) electrons. The van der Waals surface area contributed by atoms with E-state index < -0.39 is 0 Å². The Bertz CT molecular complexity index is 542. The van der Waals surface area contributed by atoms with Crippen molar-refractivity contribution in [3.63, 3.8) is 0 Å². The lowest BCUT2D eigenvalue weighted by Gasteiger charge is -2.13. The van der Waals surface area contributed by atoms with E-state index in [1.807, 2.05) is 19.1 Å². The Morgan fingerprint density at radius 2 is 2.15 bits per heavy atom. The zero-order chi connectivity index (χ0) is 14.4. The molecule has 1 atom stereocenters. The molecule has 6 nitrogen and oxygen atoms in total. The number of aromatic nitrogens is 2. The van der Waals surface area contributed by atoms with Crippen LogP contribution in [0.25, 0.3) is 0 Å². The lowest BCUT2D eigenvalue weighted by molar-refractivity contribution is 0.248. The van der Waals surface area contributed by atoms with Gasteiger partial charge in [-0.2, -0.15) is 0 Å². The third-order valence-corrected chi connectivity index (χ3v) is 3.37. The summed E-state index contributed by atoms with van der Waals surface area (Å²) in [5.74, 6) is 0.261. The molecule has 0 bridgehead atoms. The summed E-state index contributed by atoms with van der Waals surface area (Å²) in [7, 11) is 0. The largest absolute Gasteiger partial charge is 0.508 e. The molecule has 1 heterocycles. The van der Waals surface area contributed by atoms with Crippen molar-refractivity contribution >= 4 is 22.5 Å². The first kappa shape index (κ1) is 14.3. The average molecular weight is 292 g/mol. The molecule has 2 rings (SSSR count). The fourth-order valence-electron chi connectivity index (χ4n) is 1.70. The monoisotopic (exact) mass is 292 g/mol. The summed E-state index contributed by atoms with van der Waals surface area (Å²) in [6.07, 6.45) is 1.65. The summed E-state index contributed by atoms with van der Waals surface area (Å²) in [5, 5.41) is 22.5. The van der Waals surface area contributed by atoms with Crippen LogP contribution in [0.5, 0.6) is 5.75 Å². The molecular formula is C13H16N4O2S. The topological polar surface area (TPSA) is 87.1 Å². The smallest absolute Gasteiger partial charge is 0.321 e. The van der Waals surface area contributed by atoms with Crippen molar-refractivity contribution in [2.75, 3.05) is 5.32 Å². The van der Waals surface area contributed by atoms with E-state index in [0.29, 0.717) is 5.13 Å². The van der Waals surface area contributed by atoms with E-state index in [2.05, 4.69) is 20.8 Å². The molecule has 0 aliphatic carbocycles. The summed E-state index contributed by atoms with van der Waals surface area (Å²) >= 11 is 1.27. The maximum absolute atomic E-state index is 11.7. The molecule has 7 heteroatoms. The number of phenols is 1. The van der Waals surface area contributed by atoms with E-state index in [1.165, 1.54) is 11.3 Å². The second-order valence-electron chi connectivity index (χ2n) is 4.45. The van der Waals surface area contributed by atoms with Crippen LogP contribution >= 0.6 is 11.3 Å². The van der Waals surface area contributed by atoms with E-state index in [4.69, 9.17) is 0 Å². The summed E-state index contributed by atoms with van der Waals surface area (Å²) in [6, 6.07) is 6.84. The first-order chi connectivity index (χ1) is 9.63. The van der Waals surface area contributed by atoms with E-state index in [0.717, 1.165) is 18.4 Å². The number of hydrogen-bond donors (Lipinski definition) is 3. The number of benzene rings is 1. The molecule has 0 fully saturated rings. The molecule has 3 N–H and O–H groups in total. The standard InChI is InChI=1S/C13H16N4O2S/c1-9(2-3-10-4-6-11(18)7-5-10)15-12(19)16-13-17-14-8-20-13/h4-9,18H,2-3H2,1H3,(H2,15,16,17,19)/t9-/m0/s1. The van der Waals surface area contributed by atoms with Crippen LogP contribution in [0.15, 0.2) is 29.8 Å². The zero-order valence-electron chi connectivity index (χ0n) is 11.0. The van der Waals surface area contributed by atoms with Crippen molar-refractivity contribution in [1.29, 1.82) is 0 Å². The van der Waals surface area contributed by atoms with E-state index in [1.54, 1.807) is 17.6 Å². The number of rotatable bonds is 5. The van der Waals surface area contributed by atoms with Crippen LogP contribution in [0.2, 0.25) is 0 Å². The van der Waals surface area contributed by atoms with E-state index in [-0.39, 0.29) is 17.8 Å². The number of urea groups is 1. The lowest BCUT2D eigenvalue weighted by atomic mass is 10.1. The normalized spacial score (nSPS) is 11.8. The van der Waals surface area contributed by atoms with Crippen LogP contribution in [0.4, 0.5) is 9.93 Å². The molecule has 0 aliphatic heterocycles. The number of nitrogens with zero attached hydrogens (tertiary/aromatic N) is 2. The van der Waals surface area contributed by atoms with Gasteiger partial charge in [-0.1, -0.05) is 23.5 Å². The Kier molecular flexibility index (Phi) is 4.89. The number of hydrogen-bond acceptors (Lipinski definition) is 5. The molecule has 20 heavy (non-hydrogen) atoms. The first-order valence-electron chi connectivity index (χ1n) is 6.25. The van der Waals surface area contributed by atoms with Crippen LogP contribution in [-0.2, 0) is 6.42 Å². The van der Waals surface area contributed by atoms with Crippen molar-refractivity contribution in [2.45, 2.75) is 25.8 Å². The minimum Gasteiger partial charge on any atom is -0.508 e. The molecule has 0 aliphatic rings. The van der Waals surface area contributed by atoms with E-state index in [9.17, 15) is 9.90 Å². The lowest BCUT2D eigenvalue weighted by Crippen LogP contribution is -2.36. The number of carbonyl (C=O) groups is 1. The number of nitrogens with one attached hydrogen (secondary N) is 2. The highest BCUT2D eigenvalue weighted by Gasteiger charge is 2.09. The van der Waals surface area contributed by atoms with Crippen molar-refractivity contribution < 1.29 is 9.90 Å². The van der Waals surface area contributed by atoms with Crippen molar-refractivity contribution in [3.8, 4) is 5.75 Å². The maximum atomic E-state index is 11.7. The van der Waals surface area contributed by atoms with Gasteiger partial charge >= 0.3 is 6.03 Å². The Balaban J connectivity index is 1.73. The number of amides is 2. The van der Waals surface area contributed by atoms with Gasteiger partial charge < -0.3 is 10.4 Å². The van der Waals surface area contributed by atoms with Gasteiger partial charge in [0.05, 0.1) is 0 Å². The number of phenolic OH excluding ortho intramolecular Hbond substituents is 1. The quantitative estimate of drug-likeness (QED) is 0.789. The molecular weight excluding hydrogens is 276 g/mol. The van der Waals surface area contributed by atoms with Crippen LogP contribution in [-0.4, -0.2) is 27.4 Å². The van der Waals surface area contributed by atoms with Crippen molar-refractivity contribution in [2.24, 2.45) is 0 Å². The van der Waals surface area contributed by atoms with Crippen molar-refractivity contribution in [1.82, 2.24) is 15.5 Å². The molecule has 1 aromatic heterocycles. The van der Waals surface area contributed by atoms with Crippen LogP contribution in [0.1, 0.15) is 18.9 Å². The molecule has 0 saturated heterocycles. The Hall–Kier alpha value is -2.15. The summed E-state index contributed by atoms with van der Waals surface area (Å²) in [5.41, 5.74) is 2.69. The van der Waals surface area contributed by atoms with Gasteiger partial charge in [0.15, 0.2) is 0 Å². The molecule has 2 aromatic rings. The maximum Gasteiger partial charge on any atom is 0.321 e. The summed E-state index contributed by atoms with van der Waals surface area (Å²) in [4.78, 5) is 11.7. The zero-order valence-corrected chi connectivity index (χ0v) is 11.9. The summed E-state index contributed by atoms with van der Waals surface area (Å²) in [6.45, 7) is 1.94. The fraction of sp³-hybridized carbons (Fsp3) is 0.308. The highest BCUT2D eigenvalue weighted by molar-refractivity contribution is 7.13. The molecule has 0 spiro atoms. The minimum absolute atomic E-state index is 0.0386. The summed E-state index contributed by atoms with van der Waals surface area (Å²) < 4.78 is 0. The average Bonchev–Trinajstić information content (AvgIpc) is 2.90. The highest BCUT2D eigenvalue weighted by Crippen LogP contribution is 2.12. The Morgan fingerprint density at radius 3 is 2.80 bits per heavy atom. The first-order valence-corrected chi connectivity index (χ1v) is 7.13. The predicted molar refractivity (Wildman–Crippen MR) is 78.0 cm³/mol. The van der Waals surface area contributed by atoms with Gasteiger partial charge in [-0.3, -0.25) is 5.32 Å². The Morgan fingerprint density at radius 1 is 1.40 bits per heavy atom. The van der Waals surface area contributed by atoms with Crippen molar-refractivity contribution in [3.05, 3.63) is 35.3 Å². The van der Waals surface area contributed by atoms with E-state index >= 15 is 0 Å². The van der Waals surface area contributed by atoms with Gasteiger partial charge in [0.1, 0.15) is 11.3 Å². The second kappa shape index (κ2) is 6.85. The highest BCUT2D eigenvalue weighted by atomic mass is 32.1. The molecule has 0 saturated carbocycles. The third kappa shape index (κ3) is 4.51. The number of carbonyl (C=O) groups excluding carboxylic acids is 1. The second-order valence-corrected chi connectivity index (χ2v) is 5.28. The van der Waals surface area contributed by atoms with Gasteiger partial charge in [-0.05, 0) is 37.5 Å². The number of aryl methyl sites for hydroxylation is 1. The SMILES string of the molecule is C[C@@H](CCc1ccc(O)cc1)NC(=O)Nc1nncs1. The molecule has 2 amide bonds. The molecule has 1 aromatic carbocycles. The predicted octanol–water partition coefficient (Wildman–Crippen LogP) is 2.39. The Labute approximate surface area is 120 Å². The number of anilines is 1. The fourth-order valence-corrected chi connectivity index (χ4v) is 2.14. The van der Waals surface area contributed by atoms with Crippen LogP contribution in [0.3, 0.4) is 0 Å². The van der Waals surface area contributed by atoms with Gasteiger partial charge in [0, 0.05) is 6.04 Å². The molecule has 0 unspecified atom stereocenters. The third-order valence-electron chi connectivity index (χ3n) is 2.76.